The molecule has 0 amide bonds. The highest BCUT2D eigenvalue weighted by molar-refractivity contribution is 5.85. The van der Waals surface area contributed by atoms with Crippen molar-refractivity contribution < 1.29 is 9.90 Å². The summed E-state index contributed by atoms with van der Waals surface area (Å²) in [7, 11) is 0. The number of carbonyl (C=O) groups is 1. The van der Waals surface area contributed by atoms with E-state index in [1.54, 1.807) is 18.5 Å². The van der Waals surface area contributed by atoms with Crippen LogP contribution in [-0.4, -0.2) is 25.8 Å². The van der Waals surface area contributed by atoms with Gasteiger partial charge < -0.3 is 5.11 Å². The molecule has 0 atom stereocenters. The summed E-state index contributed by atoms with van der Waals surface area (Å²) >= 11 is 0. The molecule has 2 rings (SSSR count). The lowest BCUT2D eigenvalue weighted by Crippen LogP contribution is -2.10. The van der Waals surface area contributed by atoms with Crippen molar-refractivity contribution in [2.24, 2.45) is 0 Å². The van der Waals surface area contributed by atoms with E-state index in [9.17, 15) is 4.79 Å². The molecule has 0 radical (unpaired) electrons. The molecule has 0 aliphatic heterocycles. The number of hydrogen-bond donors (Lipinski definition) is 1. The lowest BCUT2D eigenvalue weighted by atomic mass is 10.3. The first-order valence-electron chi connectivity index (χ1n) is 4.41. The van der Waals surface area contributed by atoms with Gasteiger partial charge in [0.2, 0.25) is 0 Å². The first kappa shape index (κ1) is 9.39. The highest BCUT2D eigenvalue weighted by Gasteiger charge is 2.09. The zero-order valence-electron chi connectivity index (χ0n) is 7.87. The Hall–Kier alpha value is -2.17. The van der Waals surface area contributed by atoms with Gasteiger partial charge in [-0.05, 0) is 17.7 Å². The summed E-state index contributed by atoms with van der Waals surface area (Å²) in [4.78, 5) is 14.7. The second-order valence-electron chi connectivity index (χ2n) is 3.04. The van der Waals surface area contributed by atoms with Gasteiger partial charge in [-0.2, -0.15) is 5.10 Å². The molecule has 1 N–H and O–H groups in total. The molecule has 0 aliphatic rings. The Morgan fingerprint density at radius 1 is 1.40 bits per heavy atom. The molecule has 0 unspecified atom stereocenters. The Labute approximate surface area is 86.0 Å². The van der Waals surface area contributed by atoms with Crippen LogP contribution in [0.3, 0.4) is 0 Å². The largest absolute Gasteiger partial charge is 0.477 e. The lowest BCUT2D eigenvalue weighted by Gasteiger charge is -2.03. The molecule has 0 aliphatic carbocycles. The van der Waals surface area contributed by atoms with Crippen molar-refractivity contribution in [2.45, 2.75) is 6.54 Å². The summed E-state index contributed by atoms with van der Waals surface area (Å²) in [5.41, 5.74) is 1.10. The normalized spacial score (nSPS) is 10.1. The van der Waals surface area contributed by atoms with E-state index in [0.29, 0.717) is 6.54 Å². The van der Waals surface area contributed by atoms with Crippen LogP contribution in [0.2, 0.25) is 0 Å². The van der Waals surface area contributed by atoms with Crippen LogP contribution in [0.4, 0.5) is 0 Å². The van der Waals surface area contributed by atoms with Gasteiger partial charge in [-0.25, -0.2) is 4.79 Å². The molecule has 0 bridgehead atoms. The van der Waals surface area contributed by atoms with E-state index in [2.05, 4.69) is 10.1 Å². The minimum Gasteiger partial charge on any atom is -0.477 e. The number of carboxylic acids is 1. The molecule has 76 valence electrons. The van der Waals surface area contributed by atoms with E-state index in [1.807, 2.05) is 6.07 Å². The van der Waals surface area contributed by atoms with Crippen molar-refractivity contribution in [3.8, 4) is 0 Å². The number of hydrogen-bond acceptors (Lipinski definition) is 3. The predicted octanol–water partition coefficient (Wildman–Crippen LogP) is 1.02. The van der Waals surface area contributed by atoms with Crippen LogP contribution < -0.4 is 0 Å². The third-order valence-corrected chi connectivity index (χ3v) is 1.99. The molecular formula is C10H9N3O2. The molecule has 0 spiro atoms. The van der Waals surface area contributed by atoms with Gasteiger partial charge in [-0.15, -0.1) is 0 Å². The van der Waals surface area contributed by atoms with Gasteiger partial charge in [0.05, 0.1) is 6.54 Å². The fourth-order valence-corrected chi connectivity index (χ4v) is 1.30. The molecule has 0 fully saturated rings. The first-order valence-corrected chi connectivity index (χ1v) is 4.41. The number of aromatic nitrogens is 3. The number of aromatic carboxylic acids is 1. The Morgan fingerprint density at radius 3 is 2.93 bits per heavy atom. The van der Waals surface area contributed by atoms with Crippen LogP contribution >= 0.6 is 0 Å². The summed E-state index contributed by atoms with van der Waals surface area (Å²) < 4.78 is 1.43. The summed E-state index contributed by atoms with van der Waals surface area (Å²) in [6.45, 7) is 0.419. The van der Waals surface area contributed by atoms with Crippen LogP contribution in [0.1, 0.15) is 16.1 Å². The Bertz CT molecular complexity index is 465. The quantitative estimate of drug-likeness (QED) is 0.808. The summed E-state index contributed by atoms with van der Waals surface area (Å²) in [5, 5.41) is 12.8. The molecule has 5 heteroatoms. The summed E-state index contributed by atoms with van der Waals surface area (Å²) in [6, 6.07) is 5.15. The average molecular weight is 203 g/mol. The Kier molecular flexibility index (Phi) is 2.45. The van der Waals surface area contributed by atoms with E-state index in [-0.39, 0.29) is 5.69 Å². The van der Waals surface area contributed by atoms with Gasteiger partial charge in [-0.1, -0.05) is 6.07 Å². The van der Waals surface area contributed by atoms with Crippen molar-refractivity contribution in [3.63, 3.8) is 0 Å². The summed E-state index contributed by atoms with van der Waals surface area (Å²) in [5.74, 6) is -0.976. The number of rotatable bonds is 3. The van der Waals surface area contributed by atoms with Gasteiger partial charge in [0, 0.05) is 18.6 Å². The van der Waals surface area contributed by atoms with Gasteiger partial charge in [0.25, 0.3) is 0 Å². The molecule has 0 aromatic carbocycles. The zero-order chi connectivity index (χ0) is 10.7. The molecule has 2 aromatic heterocycles. The van der Waals surface area contributed by atoms with E-state index < -0.39 is 5.97 Å². The van der Waals surface area contributed by atoms with Gasteiger partial charge in [0.15, 0.2) is 0 Å². The highest BCUT2D eigenvalue weighted by Crippen LogP contribution is 2.04. The smallest absolute Gasteiger partial charge is 0.354 e. The molecule has 2 heterocycles. The minimum atomic E-state index is -0.976. The third-order valence-electron chi connectivity index (χ3n) is 1.99. The average Bonchev–Trinajstić information content (AvgIpc) is 2.67. The van der Waals surface area contributed by atoms with Crippen LogP contribution in [0, 0.1) is 0 Å². The number of pyridine rings is 1. The van der Waals surface area contributed by atoms with Crippen molar-refractivity contribution >= 4 is 5.97 Å². The Morgan fingerprint density at radius 2 is 2.27 bits per heavy atom. The van der Waals surface area contributed by atoms with Crippen LogP contribution in [0.15, 0.2) is 36.8 Å². The molecule has 5 nitrogen and oxygen atoms in total. The van der Waals surface area contributed by atoms with E-state index >= 15 is 0 Å². The van der Waals surface area contributed by atoms with Crippen molar-refractivity contribution in [1.82, 2.24) is 14.8 Å². The predicted molar refractivity (Wildman–Crippen MR) is 52.5 cm³/mol. The van der Waals surface area contributed by atoms with E-state index in [0.717, 1.165) is 5.56 Å². The number of nitrogens with zero attached hydrogens (tertiary/aromatic N) is 3. The minimum absolute atomic E-state index is 0.179. The highest BCUT2D eigenvalue weighted by atomic mass is 16.4. The molecule has 2 aromatic rings. The fourth-order valence-electron chi connectivity index (χ4n) is 1.30. The van der Waals surface area contributed by atoms with Crippen molar-refractivity contribution in [2.75, 3.05) is 0 Å². The molecule has 0 saturated heterocycles. The molecule has 15 heavy (non-hydrogen) atoms. The lowest BCUT2D eigenvalue weighted by molar-refractivity contribution is 0.0684. The molecule has 0 saturated carbocycles. The zero-order valence-corrected chi connectivity index (χ0v) is 7.87. The maximum atomic E-state index is 10.8. The van der Waals surface area contributed by atoms with Crippen LogP contribution in [0.25, 0.3) is 0 Å². The fraction of sp³-hybridized carbons (Fsp3) is 0.100. The Balaban J connectivity index is 2.25. The van der Waals surface area contributed by atoms with E-state index in [1.165, 1.54) is 16.9 Å². The monoisotopic (exact) mass is 203 g/mol. The van der Waals surface area contributed by atoms with Gasteiger partial charge in [-0.3, -0.25) is 9.67 Å². The SMILES string of the molecule is O=C(O)c1ccnn1Cc1cccnc1. The standard InChI is InChI=1S/C10H9N3O2/c14-10(15)9-3-5-12-13(9)7-8-2-1-4-11-6-8/h1-6H,7H2,(H,14,15). The molecular weight excluding hydrogens is 194 g/mol. The van der Waals surface area contributed by atoms with Gasteiger partial charge in [0.1, 0.15) is 5.69 Å². The second-order valence-corrected chi connectivity index (χ2v) is 3.04. The summed E-state index contributed by atoms with van der Waals surface area (Å²) in [6.07, 6.45) is 4.83. The van der Waals surface area contributed by atoms with Crippen LogP contribution in [-0.2, 0) is 6.54 Å². The van der Waals surface area contributed by atoms with Crippen molar-refractivity contribution in [3.05, 3.63) is 48.0 Å². The maximum Gasteiger partial charge on any atom is 0.354 e. The number of carboxylic acid groups (broad SMARTS) is 1. The first-order chi connectivity index (χ1) is 7.27. The third kappa shape index (κ3) is 2.01. The van der Waals surface area contributed by atoms with E-state index in [4.69, 9.17) is 5.11 Å². The van der Waals surface area contributed by atoms with Crippen LogP contribution in [0.5, 0.6) is 0 Å². The topological polar surface area (TPSA) is 68.0 Å². The van der Waals surface area contributed by atoms with Gasteiger partial charge >= 0.3 is 5.97 Å². The van der Waals surface area contributed by atoms with Crippen molar-refractivity contribution in [1.29, 1.82) is 0 Å². The maximum absolute atomic E-state index is 10.8. The second kappa shape index (κ2) is 3.91.